The summed E-state index contributed by atoms with van der Waals surface area (Å²) in [5.41, 5.74) is 2.37. The van der Waals surface area contributed by atoms with Crippen LogP contribution in [0.4, 0.5) is 8.78 Å². The number of fused-ring (bicyclic) bond motifs is 3. The molecule has 1 atom stereocenters. The van der Waals surface area contributed by atoms with Gasteiger partial charge in [0.15, 0.2) is 0 Å². The van der Waals surface area contributed by atoms with Crippen LogP contribution in [-0.2, 0) is 9.84 Å². The van der Waals surface area contributed by atoms with Crippen molar-refractivity contribution in [3.63, 3.8) is 0 Å². The number of hydrogen-bond donors (Lipinski definition) is 1. The largest absolute Gasteiger partial charge is 0.345 e. The average molecular weight is 465 g/mol. The van der Waals surface area contributed by atoms with Crippen LogP contribution in [0, 0.1) is 11.6 Å². The molecule has 0 saturated carbocycles. The van der Waals surface area contributed by atoms with Gasteiger partial charge in [-0.15, -0.1) is 0 Å². The average Bonchev–Trinajstić information content (AvgIpc) is 3.45. The molecule has 0 aliphatic carbocycles. The summed E-state index contributed by atoms with van der Waals surface area (Å²) in [6.45, 7) is 1.87. The van der Waals surface area contributed by atoms with Gasteiger partial charge in [0.25, 0.3) is 0 Å². The number of H-pyrrole nitrogens is 1. The van der Waals surface area contributed by atoms with E-state index in [0.717, 1.165) is 55.4 Å². The van der Waals surface area contributed by atoms with Gasteiger partial charge in [0, 0.05) is 40.3 Å². The molecule has 1 fully saturated rings. The Morgan fingerprint density at radius 1 is 1.00 bits per heavy atom. The lowest BCUT2D eigenvalue weighted by Crippen LogP contribution is -2.32. The number of sulfone groups is 1. The first-order valence-corrected chi connectivity index (χ1v) is 12.6. The van der Waals surface area contributed by atoms with Crippen molar-refractivity contribution in [3.05, 3.63) is 77.9 Å². The van der Waals surface area contributed by atoms with Gasteiger partial charge in [-0.25, -0.2) is 17.2 Å². The highest BCUT2D eigenvalue weighted by molar-refractivity contribution is 7.91. The summed E-state index contributed by atoms with van der Waals surface area (Å²) in [5.74, 6) is -1.57. The van der Waals surface area contributed by atoms with Crippen molar-refractivity contribution in [1.29, 1.82) is 0 Å². The van der Waals surface area contributed by atoms with Crippen molar-refractivity contribution in [2.24, 2.45) is 0 Å². The quantitative estimate of drug-likeness (QED) is 0.424. The first kappa shape index (κ1) is 20.6. The molecule has 168 valence electrons. The number of para-hydroxylation sites is 1. The second-order valence-electron chi connectivity index (χ2n) is 8.91. The zero-order valence-corrected chi connectivity index (χ0v) is 18.6. The number of benzene rings is 3. The number of nitrogens with zero attached hydrogens (tertiary/aromatic N) is 1. The van der Waals surface area contributed by atoms with Crippen molar-refractivity contribution >= 4 is 37.1 Å². The lowest BCUT2D eigenvalue weighted by Gasteiger charge is -2.29. The van der Waals surface area contributed by atoms with E-state index in [-0.39, 0.29) is 20.7 Å². The third kappa shape index (κ3) is 3.38. The third-order valence-corrected chi connectivity index (χ3v) is 8.64. The van der Waals surface area contributed by atoms with Crippen molar-refractivity contribution in [2.75, 3.05) is 13.1 Å². The van der Waals surface area contributed by atoms with Gasteiger partial charge in [-0.2, -0.15) is 0 Å². The fourth-order valence-electron chi connectivity index (χ4n) is 5.24. The summed E-state index contributed by atoms with van der Waals surface area (Å²) >= 11 is 0. The molecule has 6 rings (SSSR count). The van der Waals surface area contributed by atoms with Gasteiger partial charge in [-0.1, -0.05) is 24.3 Å². The molecule has 0 amide bonds. The Balaban J connectivity index is 1.57. The van der Waals surface area contributed by atoms with Crippen LogP contribution in [0.1, 0.15) is 24.8 Å². The lowest BCUT2D eigenvalue weighted by atomic mass is 9.92. The Hall–Kier alpha value is -3.03. The normalized spacial score (nSPS) is 19.2. The van der Waals surface area contributed by atoms with E-state index < -0.39 is 21.5 Å². The predicted molar refractivity (Wildman–Crippen MR) is 125 cm³/mol. The van der Waals surface area contributed by atoms with E-state index in [1.807, 2.05) is 18.2 Å². The fourth-order valence-corrected chi connectivity index (χ4v) is 6.74. The van der Waals surface area contributed by atoms with Gasteiger partial charge < -0.3 is 4.98 Å². The molecule has 2 aliphatic heterocycles. The molecule has 0 radical (unpaired) electrons. The number of hydrogen-bond acceptors (Lipinski definition) is 3. The van der Waals surface area contributed by atoms with Crippen LogP contribution in [-0.4, -0.2) is 37.4 Å². The molecule has 0 unspecified atom stereocenters. The second-order valence-corrected chi connectivity index (χ2v) is 10.8. The maximum atomic E-state index is 14.9. The smallest absolute Gasteiger partial charge is 0.222 e. The van der Waals surface area contributed by atoms with Gasteiger partial charge in [-0.3, -0.25) is 4.90 Å². The van der Waals surface area contributed by atoms with Gasteiger partial charge in [-0.05, 0) is 67.3 Å². The zero-order valence-electron chi connectivity index (χ0n) is 17.8. The molecule has 3 heterocycles. The lowest BCUT2D eigenvalue weighted by molar-refractivity contribution is 0.275. The van der Waals surface area contributed by atoms with Gasteiger partial charge >= 0.3 is 0 Å². The number of aromatic nitrogens is 1. The van der Waals surface area contributed by atoms with Gasteiger partial charge in [0.1, 0.15) is 16.7 Å². The fraction of sp³-hybridized carbons (Fsp3) is 0.231. The first-order valence-electron chi connectivity index (χ1n) is 11.1. The SMILES string of the molecule is O=S(=O)(c1cc2ccccc2[nH]1)c1cc(C2=CCN3CCC[C@@H]3C2)cc2c(F)cc(F)cc12. The highest BCUT2D eigenvalue weighted by Gasteiger charge is 2.30. The van der Waals surface area contributed by atoms with E-state index in [1.165, 1.54) is 0 Å². The van der Waals surface area contributed by atoms with Crippen molar-refractivity contribution < 1.29 is 17.2 Å². The molecule has 1 aromatic heterocycles. The minimum Gasteiger partial charge on any atom is -0.345 e. The van der Waals surface area contributed by atoms with Crippen LogP contribution in [0.25, 0.3) is 27.2 Å². The van der Waals surface area contributed by atoms with Gasteiger partial charge in [0.05, 0.1) is 4.90 Å². The Labute approximate surface area is 190 Å². The molecule has 2 aliphatic rings. The minimum absolute atomic E-state index is 0.00594. The van der Waals surface area contributed by atoms with Crippen molar-refractivity contribution in [1.82, 2.24) is 9.88 Å². The number of halogens is 2. The molecule has 0 bridgehead atoms. The van der Waals surface area contributed by atoms with Crippen molar-refractivity contribution in [3.8, 4) is 0 Å². The molecule has 0 spiro atoms. The van der Waals surface area contributed by atoms with E-state index in [1.54, 1.807) is 24.3 Å². The van der Waals surface area contributed by atoms with Crippen LogP contribution >= 0.6 is 0 Å². The third-order valence-electron chi connectivity index (χ3n) is 6.93. The summed E-state index contributed by atoms with van der Waals surface area (Å²) in [7, 11) is -4.07. The molecule has 4 nitrogen and oxygen atoms in total. The van der Waals surface area contributed by atoms with E-state index >= 15 is 0 Å². The monoisotopic (exact) mass is 464 g/mol. The molecular weight excluding hydrogens is 442 g/mol. The minimum atomic E-state index is -4.07. The Bertz CT molecular complexity index is 1520. The Morgan fingerprint density at radius 2 is 1.85 bits per heavy atom. The Kier molecular flexibility index (Phi) is 4.67. The molecule has 3 aromatic carbocycles. The molecular formula is C26H22F2N2O2S. The summed E-state index contributed by atoms with van der Waals surface area (Å²) in [5, 5.41) is 0.920. The second kappa shape index (κ2) is 7.50. The first-order chi connectivity index (χ1) is 15.9. The highest BCUT2D eigenvalue weighted by atomic mass is 32.2. The highest BCUT2D eigenvalue weighted by Crippen LogP contribution is 2.38. The van der Waals surface area contributed by atoms with Crippen LogP contribution in [0.3, 0.4) is 0 Å². The van der Waals surface area contributed by atoms with E-state index in [2.05, 4.69) is 16.0 Å². The molecule has 4 aromatic rings. The molecule has 1 saturated heterocycles. The number of aromatic amines is 1. The summed E-state index contributed by atoms with van der Waals surface area (Å²) < 4.78 is 56.6. The van der Waals surface area contributed by atoms with Crippen LogP contribution in [0.5, 0.6) is 0 Å². The van der Waals surface area contributed by atoms with Gasteiger partial charge in [0.2, 0.25) is 9.84 Å². The summed E-state index contributed by atoms with van der Waals surface area (Å²) in [6, 6.07) is 14.4. The Morgan fingerprint density at radius 3 is 2.70 bits per heavy atom. The topological polar surface area (TPSA) is 53.2 Å². The molecule has 33 heavy (non-hydrogen) atoms. The summed E-state index contributed by atoms with van der Waals surface area (Å²) in [6.07, 6.45) is 5.14. The number of rotatable bonds is 3. The molecule has 7 heteroatoms. The molecule has 1 N–H and O–H groups in total. The standard InChI is InChI=1S/C26H22F2N2O2S/c27-19-14-22-21(23(28)15-19)11-18(16-7-9-30-8-3-5-20(30)10-16)12-25(22)33(31,32)26-13-17-4-1-2-6-24(17)29-26/h1-2,4,6-7,11-15,20,29H,3,5,8-10H2/t20-/m1/s1. The summed E-state index contributed by atoms with van der Waals surface area (Å²) in [4.78, 5) is 5.29. The van der Waals surface area contributed by atoms with E-state index in [9.17, 15) is 17.2 Å². The number of nitrogens with one attached hydrogen (secondary N) is 1. The van der Waals surface area contributed by atoms with Crippen LogP contribution < -0.4 is 0 Å². The maximum Gasteiger partial charge on any atom is 0.222 e. The predicted octanol–water partition coefficient (Wildman–Crippen LogP) is 5.68. The zero-order chi connectivity index (χ0) is 22.7. The van der Waals surface area contributed by atoms with E-state index in [0.29, 0.717) is 17.1 Å². The maximum absolute atomic E-state index is 14.9. The van der Waals surface area contributed by atoms with Crippen molar-refractivity contribution in [2.45, 2.75) is 35.2 Å². The van der Waals surface area contributed by atoms with Crippen LogP contribution in [0.2, 0.25) is 0 Å². The van der Waals surface area contributed by atoms with E-state index in [4.69, 9.17) is 0 Å². The van der Waals surface area contributed by atoms with Crippen LogP contribution in [0.15, 0.2) is 70.6 Å².